The molecule has 0 aliphatic heterocycles. The standard InChI is InChI=1S/C15H18N2O3/c1-11(18)9-13(12-5-3-2-4-6-12)10-16-15(19)14-7-8-20-17-14/h2-8,11,13,18H,9-10H2,1H3,(H,16,19)/t11-,13-/m1/s1. The third-order valence-electron chi connectivity index (χ3n) is 3.08. The summed E-state index contributed by atoms with van der Waals surface area (Å²) in [6.45, 7) is 2.19. The molecule has 5 heteroatoms. The second-order valence-corrected chi connectivity index (χ2v) is 4.79. The minimum atomic E-state index is -0.427. The molecule has 2 rings (SSSR count). The van der Waals surface area contributed by atoms with Crippen molar-refractivity contribution < 1.29 is 14.4 Å². The van der Waals surface area contributed by atoms with Gasteiger partial charge in [-0.25, -0.2) is 0 Å². The van der Waals surface area contributed by atoms with Crippen molar-refractivity contribution in [3.8, 4) is 0 Å². The average molecular weight is 274 g/mol. The van der Waals surface area contributed by atoms with Gasteiger partial charge in [0.15, 0.2) is 5.69 Å². The van der Waals surface area contributed by atoms with E-state index in [1.807, 2.05) is 30.3 Å². The number of carbonyl (C=O) groups excluding carboxylic acids is 1. The van der Waals surface area contributed by atoms with Gasteiger partial charge in [-0.1, -0.05) is 35.5 Å². The van der Waals surface area contributed by atoms with Crippen LogP contribution in [0.1, 0.15) is 35.3 Å². The van der Waals surface area contributed by atoms with Crippen LogP contribution in [-0.4, -0.2) is 28.8 Å². The van der Waals surface area contributed by atoms with Crippen molar-refractivity contribution in [2.75, 3.05) is 6.54 Å². The first kappa shape index (κ1) is 14.3. The van der Waals surface area contributed by atoms with Gasteiger partial charge < -0.3 is 14.9 Å². The summed E-state index contributed by atoms with van der Waals surface area (Å²) >= 11 is 0. The summed E-state index contributed by atoms with van der Waals surface area (Å²) in [5.74, 6) is -0.211. The van der Waals surface area contributed by atoms with E-state index in [4.69, 9.17) is 0 Å². The number of carbonyl (C=O) groups is 1. The molecule has 0 aliphatic carbocycles. The van der Waals surface area contributed by atoms with Crippen LogP contribution in [0.4, 0.5) is 0 Å². The van der Waals surface area contributed by atoms with E-state index in [1.165, 1.54) is 12.3 Å². The SMILES string of the molecule is C[C@@H](O)C[C@H](CNC(=O)c1ccon1)c1ccccc1. The Kier molecular flexibility index (Phi) is 4.90. The zero-order valence-electron chi connectivity index (χ0n) is 11.3. The third kappa shape index (κ3) is 3.93. The van der Waals surface area contributed by atoms with Gasteiger partial charge in [-0.2, -0.15) is 0 Å². The average Bonchev–Trinajstić information content (AvgIpc) is 2.98. The van der Waals surface area contributed by atoms with Gasteiger partial charge in [-0.3, -0.25) is 4.79 Å². The summed E-state index contributed by atoms with van der Waals surface area (Å²) < 4.78 is 4.64. The van der Waals surface area contributed by atoms with Crippen LogP contribution in [0.2, 0.25) is 0 Å². The second kappa shape index (κ2) is 6.86. The number of aliphatic hydroxyl groups excluding tert-OH is 1. The van der Waals surface area contributed by atoms with E-state index in [-0.39, 0.29) is 17.5 Å². The summed E-state index contributed by atoms with van der Waals surface area (Å²) in [6.07, 6.45) is 1.52. The normalized spacial score (nSPS) is 13.7. The Morgan fingerprint density at radius 1 is 1.35 bits per heavy atom. The Bertz CT molecular complexity index is 523. The van der Waals surface area contributed by atoms with E-state index >= 15 is 0 Å². The minimum absolute atomic E-state index is 0.0621. The van der Waals surface area contributed by atoms with Crippen LogP contribution in [0.5, 0.6) is 0 Å². The van der Waals surface area contributed by atoms with E-state index in [9.17, 15) is 9.90 Å². The van der Waals surface area contributed by atoms with Crippen LogP contribution in [-0.2, 0) is 0 Å². The number of rotatable bonds is 6. The fourth-order valence-corrected chi connectivity index (χ4v) is 2.11. The molecule has 1 aromatic carbocycles. The highest BCUT2D eigenvalue weighted by molar-refractivity contribution is 5.91. The van der Waals surface area contributed by atoms with Gasteiger partial charge in [0.05, 0.1) is 6.10 Å². The van der Waals surface area contributed by atoms with Crippen molar-refractivity contribution in [1.82, 2.24) is 10.5 Å². The first-order valence-electron chi connectivity index (χ1n) is 6.58. The molecular formula is C15H18N2O3. The number of aromatic nitrogens is 1. The smallest absolute Gasteiger partial charge is 0.273 e. The molecule has 2 N–H and O–H groups in total. The Morgan fingerprint density at radius 2 is 2.10 bits per heavy atom. The molecule has 5 nitrogen and oxygen atoms in total. The Morgan fingerprint density at radius 3 is 2.70 bits per heavy atom. The van der Waals surface area contributed by atoms with Crippen LogP contribution < -0.4 is 5.32 Å². The Labute approximate surface area is 117 Å². The summed E-state index contributed by atoms with van der Waals surface area (Å²) in [5.41, 5.74) is 1.35. The fourth-order valence-electron chi connectivity index (χ4n) is 2.11. The molecule has 0 spiro atoms. The highest BCUT2D eigenvalue weighted by Crippen LogP contribution is 2.20. The lowest BCUT2D eigenvalue weighted by Gasteiger charge is -2.19. The molecule has 0 unspecified atom stereocenters. The maximum absolute atomic E-state index is 11.8. The molecule has 2 aromatic rings. The van der Waals surface area contributed by atoms with Crippen molar-refractivity contribution in [2.24, 2.45) is 0 Å². The quantitative estimate of drug-likeness (QED) is 0.844. The molecule has 1 heterocycles. The van der Waals surface area contributed by atoms with Gasteiger partial charge in [0.25, 0.3) is 5.91 Å². The first-order chi connectivity index (χ1) is 9.66. The summed E-state index contributed by atoms with van der Waals surface area (Å²) in [4.78, 5) is 11.8. The lowest BCUT2D eigenvalue weighted by molar-refractivity contribution is 0.0936. The van der Waals surface area contributed by atoms with Crippen LogP contribution in [0, 0.1) is 0 Å². The number of aliphatic hydroxyl groups is 1. The van der Waals surface area contributed by atoms with E-state index in [0.29, 0.717) is 13.0 Å². The lowest BCUT2D eigenvalue weighted by atomic mass is 9.93. The predicted octanol–water partition coefficient (Wildman–Crippen LogP) is 1.96. The van der Waals surface area contributed by atoms with Crippen LogP contribution in [0.25, 0.3) is 0 Å². The minimum Gasteiger partial charge on any atom is -0.393 e. The summed E-state index contributed by atoms with van der Waals surface area (Å²) in [5, 5.41) is 16.0. The maximum atomic E-state index is 11.8. The molecule has 106 valence electrons. The maximum Gasteiger partial charge on any atom is 0.273 e. The topological polar surface area (TPSA) is 75.4 Å². The number of amides is 1. The molecule has 20 heavy (non-hydrogen) atoms. The van der Waals surface area contributed by atoms with Crippen LogP contribution in [0.3, 0.4) is 0 Å². The zero-order valence-corrected chi connectivity index (χ0v) is 11.3. The molecule has 0 aliphatic rings. The lowest BCUT2D eigenvalue weighted by Crippen LogP contribution is -2.29. The van der Waals surface area contributed by atoms with Gasteiger partial charge in [-0.05, 0) is 18.9 Å². The third-order valence-corrected chi connectivity index (χ3v) is 3.08. The van der Waals surface area contributed by atoms with Crippen LogP contribution in [0.15, 0.2) is 47.2 Å². The largest absolute Gasteiger partial charge is 0.393 e. The van der Waals surface area contributed by atoms with E-state index in [1.54, 1.807) is 6.92 Å². The number of nitrogens with one attached hydrogen (secondary N) is 1. The van der Waals surface area contributed by atoms with Crippen molar-refractivity contribution in [3.63, 3.8) is 0 Å². The van der Waals surface area contributed by atoms with Gasteiger partial charge in [0.2, 0.25) is 0 Å². The Hall–Kier alpha value is -2.14. The highest BCUT2D eigenvalue weighted by atomic mass is 16.5. The summed E-state index contributed by atoms with van der Waals surface area (Å²) in [6, 6.07) is 11.3. The molecule has 1 amide bonds. The highest BCUT2D eigenvalue weighted by Gasteiger charge is 2.16. The molecule has 2 atom stereocenters. The van der Waals surface area contributed by atoms with Crippen molar-refractivity contribution >= 4 is 5.91 Å². The molecule has 0 saturated carbocycles. The number of nitrogens with zero attached hydrogens (tertiary/aromatic N) is 1. The zero-order chi connectivity index (χ0) is 14.4. The van der Waals surface area contributed by atoms with E-state index < -0.39 is 6.10 Å². The number of hydrogen-bond donors (Lipinski definition) is 2. The second-order valence-electron chi connectivity index (χ2n) is 4.79. The monoisotopic (exact) mass is 274 g/mol. The van der Waals surface area contributed by atoms with Crippen molar-refractivity contribution in [3.05, 3.63) is 53.9 Å². The van der Waals surface area contributed by atoms with Crippen LogP contribution >= 0.6 is 0 Å². The van der Waals surface area contributed by atoms with Gasteiger partial charge in [-0.15, -0.1) is 0 Å². The fraction of sp³-hybridized carbons (Fsp3) is 0.333. The summed E-state index contributed by atoms with van der Waals surface area (Å²) in [7, 11) is 0. The molecule has 0 radical (unpaired) electrons. The predicted molar refractivity (Wildman–Crippen MR) is 74.3 cm³/mol. The number of hydrogen-bond acceptors (Lipinski definition) is 4. The number of benzene rings is 1. The van der Waals surface area contributed by atoms with Gasteiger partial charge in [0.1, 0.15) is 6.26 Å². The van der Waals surface area contributed by atoms with Gasteiger partial charge >= 0.3 is 0 Å². The first-order valence-corrected chi connectivity index (χ1v) is 6.58. The molecular weight excluding hydrogens is 256 g/mol. The molecule has 0 saturated heterocycles. The van der Waals surface area contributed by atoms with Crippen molar-refractivity contribution in [2.45, 2.75) is 25.4 Å². The molecule has 0 fully saturated rings. The van der Waals surface area contributed by atoms with Crippen molar-refractivity contribution in [1.29, 1.82) is 0 Å². The Balaban J connectivity index is 2.00. The van der Waals surface area contributed by atoms with E-state index in [0.717, 1.165) is 5.56 Å². The van der Waals surface area contributed by atoms with E-state index in [2.05, 4.69) is 15.0 Å². The molecule has 0 bridgehead atoms. The van der Waals surface area contributed by atoms with Gasteiger partial charge in [0, 0.05) is 18.5 Å². The molecule has 1 aromatic heterocycles.